The first kappa shape index (κ1) is 16.9. The van der Waals surface area contributed by atoms with E-state index < -0.39 is 23.7 Å². The number of alkyl halides is 3. The molecule has 122 valence electrons. The lowest BCUT2D eigenvalue weighted by molar-refractivity contribution is -0.137. The van der Waals surface area contributed by atoms with Crippen molar-refractivity contribution < 1.29 is 22.7 Å². The Morgan fingerprint density at radius 3 is 2.48 bits per heavy atom. The summed E-state index contributed by atoms with van der Waals surface area (Å²) in [5.41, 5.74) is -0.357. The third kappa shape index (κ3) is 5.02. The summed E-state index contributed by atoms with van der Waals surface area (Å²) >= 11 is 0. The quantitative estimate of drug-likeness (QED) is 0.904. The van der Waals surface area contributed by atoms with E-state index in [2.05, 4.69) is 5.32 Å². The van der Waals surface area contributed by atoms with Crippen molar-refractivity contribution in [1.82, 2.24) is 5.32 Å². The summed E-state index contributed by atoms with van der Waals surface area (Å²) in [6, 6.07) is 13.1. The van der Waals surface area contributed by atoms with E-state index in [-0.39, 0.29) is 6.61 Å². The van der Waals surface area contributed by atoms with Crippen LogP contribution in [0.3, 0.4) is 0 Å². The molecule has 1 N–H and O–H groups in total. The minimum absolute atomic E-state index is 0.201. The third-order valence-corrected chi connectivity index (χ3v) is 3.20. The van der Waals surface area contributed by atoms with Crippen LogP contribution in [0.5, 0.6) is 5.75 Å². The molecule has 3 nitrogen and oxygen atoms in total. The first-order valence-electron chi connectivity index (χ1n) is 7.00. The fraction of sp³-hybridized carbons (Fsp3) is 0.235. The standard InChI is InChI=1S/C17H16F3NO2/c1-12(13-6-5-7-14(10-13)17(18,19)20)21-16(22)11-23-15-8-3-2-4-9-15/h2-10,12H,11H2,1H3,(H,21,22). The van der Waals surface area contributed by atoms with Gasteiger partial charge in [-0.1, -0.05) is 30.3 Å². The van der Waals surface area contributed by atoms with Gasteiger partial charge in [0.2, 0.25) is 0 Å². The molecule has 0 aliphatic heterocycles. The van der Waals surface area contributed by atoms with Crippen LogP contribution < -0.4 is 10.1 Å². The molecule has 0 fully saturated rings. The molecule has 0 aliphatic carbocycles. The molecule has 1 unspecified atom stereocenters. The zero-order chi connectivity index (χ0) is 16.9. The summed E-state index contributed by atoms with van der Waals surface area (Å²) in [6.45, 7) is 1.42. The zero-order valence-corrected chi connectivity index (χ0v) is 12.4. The van der Waals surface area contributed by atoms with Crippen LogP contribution in [0.4, 0.5) is 13.2 Å². The average Bonchev–Trinajstić information content (AvgIpc) is 2.53. The lowest BCUT2D eigenvalue weighted by atomic mass is 10.0. The van der Waals surface area contributed by atoms with E-state index in [9.17, 15) is 18.0 Å². The number of rotatable bonds is 5. The Balaban J connectivity index is 1.93. The van der Waals surface area contributed by atoms with Crippen LogP contribution in [-0.2, 0) is 11.0 Å². The third-order valence-electron chi connectivity index (χ3n) is 3.20. The molecule has 2 aromatic carbocycles. The van der Waals surface area contributed by atoms with Crippen molar-refractivity contribution in [1.29, 1.82) is 0 Å². The van der Waals surface area contributed by atoms with Crippen molar-refractivity contribution in [3.05, 3.63) is 65.7 Å². The fourth-order valence-electron chi connectivity index (χ4n) is 2.02. The summed E-state index contributed by atoms with van der Waals surface area (Å²) in [4.78, 5) is 11.8. The van der Waals surface area contributed by atoms with Gasteiger partial charge in [-0.15, -0.1) is 0 Å². The van der Waals surface area contributed by atoms with E-state index in [0.717, 1.165) is 12.1 Å². The fourth-order valence-corrected chi connectivity index (χ4v) is 2.02. The largest absolute Gasteiger partial charge is 0.484 e. The molecule has 0 heterocycles. The van der Waals surface area contributed by atoms with E-state index in [1.807, 2.05) is 6.07 Å². The molecule has 0 saturated heterocycles. The van der Waals surface area contributed by atoms with E-state index >= 15 is 0 Å². The van der Waals surface area contributed by atoms with Gasteiger partial charge in [-0.05, 0) is 36.8 Å². The topological polar surface area (TPSA) is 38.3 Å². The molecule has 0 bridgehead atoms. The van der Waals surface area contributed by atoms with E-state index in [1.165, 1.54) is 12.1 Å². The van der Waals surface area contributed by atoms with Gasteiger partial charge in [-0.25, -0.2) is 0 Å². The number of amides is 1. The Bertz CT molecular complexity index is 656. The molecule has 23 heavy (non-hydrogen) atoms. The minimum Gasteiger partial charge on any atom is -0.484 e. The molecule has 0 saturated carbocycles. The highest BCUT2D eigenvalue weighted by Crippen LogP contribution is 2.30. The van der Waals surface area contributed by atoms with Crippen molar-refractivity contribution in [3.8, 4) is 5.75 Å². The highest BCUT2D eigenvalue weighted by Gasteiger charge is 2.30. The maximum absolute atomic E-state index is 12.7. The van der Waals surface area contributed by atoms with Crippen molar-refractivity contribution in [3.63, 3.8) is 0 Å². The molecule has 1 atom stereocenters. The lowest BCUT2D eigenvalue weighted by Gasteiger charge is -2.16. The van der Waals surface area contributed by atoms with Crippen LogP contribution in [0.15, 0.2) is 54.6 Å². The molecule has 0 spiro atoms. The predicted octanol–water partition coefficient (Wildman–Crippen LogP) is 3.96. The van der Waals surface area contributed by atoms with Crippen LogP contribution >= 0.6 is 0 Å². The maximum Gasteiger partial charge on any atom is 0.416 e. The number of benzene rings is 2. The summed E-state index contributed by atoms with van der Waals surface area (Å²) < 4.78 is 43.4. The molecular weight excluding hydrogens is 307 g/mol. The van der Waals surface area contributed by atoms with Gasteiger partial charge < -0.3 is 10.1 Å². The minimum atomic E-state index is -4.41. The molecule has 2 aromatic rings. The van der Waals surface area contributed by atoms with Gasteiger partial charge in [-0.2, -0.15) is 13.2 Å². The summed E-state index contributed by atoms with van der Waals surface area (Å²) in [5.74, 6) is 0.146. The van der Waals surface area contributed by atoms with E-state index in [1.54, 1.807) is 31.2 Å². The molecular formula is C17H16F3NO2. The van der Waals surface area contributed by atoms with Gasteiger partial charge in [-0.3, -0.25) is 4.79 Å². The summed E-state index contributed by atoms with van der Waals surface area (Å²) in [6.07, 6.45) is -4.41. The van der Waals surface area contributed by atoms with Gasteiger partial charge in [0.05, 0.1) is 11.6 Å². The van der Waals surface area contributed by atoms with Crippen LogP contribution in [0, 0.1) is 0 Å². The van der Waals surface area contributed by atoms with Crippen molar-refractivity contribution in [2.24, 2.45) is 0 Å². The van der Waals surface area contributed by atoms with Crippen LogP contribution in [-0.4, -0.2) is 12.5 Å². The van der Waals surface area contributed by atoms with Crippen LogP contribution in [0.1, 0.15) is 24.1 Å². The summed E-state index contributed by atoms with van der Waals surface area (Å²) in [7, 11) is 0. The Labute approximate surface area is 132 Å². The lowest BCUT2D eigenvalue weighted by Crippen LogP contribution is -2.31. The molecule has 2 rings (SSSR count). The number of carbonyl (C=O) groups excluding carboxylic acids is 1. The van der Waals surface area contributed by atoms with Gasteiger partial charge >= 0.3 is 6.18 Å². The molecule has 0 aliphatic rings. The van der Waals surface area contributed by atoms with E-state index in [0.29, 0.717) is 11.3 Å². The maximum atomic E-state index is 12.7. The first-order chi connectivity index (χ1) is 10.9. The molecule has 0 aromatic heterocycles. The Kier molecular flexibility index (Phi) is 5.26. The second kappa shape index (κ2) is 7.17. The smallest absolute Gasteiger partial charge is 0.416 e. The Morgan fingerprint density at radius 2 is 1.83 bits per heavy atom. The number of hydrogen-bond donors (Lipinski definition) is 1. The molecule has 1 amide bonds. The second-order valence-corrected chi connectivity index (χ2v) is 5.01. The number of nitrogens with one attached hydrogen (secondary N) is 1. The Hall–Kier alpha value is -2.50. The van der Waals surface area contributed by atoms with Gasteiger partial charge in [0, 0.05) is 0 Å². The normalized spacial score (nSPS) is 12.5. The van der Waals surface area contributed by atoms with Crippen molar-refractivity contribution in [2.45, 2.75) is 19.1 Å². The first-order valence-corrected chi connectivity index (χ1v) is 7.00. The SMILES string of the molecule is CC(NC(=O)COc1ccccc1)c1cccc(C(F)(F)F)c1. The summed E-state index contributed by atoms with van der Waals surface area (Å²) in [5, 5.41) is 2.61. The highest BCUT2D eigenvalue weighted by atomic mass is 19.4. The van der Waals surface area contributed by atoms with Gasteiger partial charge in [0.25, 0.3) is 5.91 Å². The van der Waals surface area contributed by atoms with E-state index in [4.69, 9.17) is 4.74 Å². The number of halogens is 3. The second-order valence-electron chi connectivity index (χ2n) is 5.01. The number of hydrogen-bond acceptors (Lipinski definition) is 2. The van der Waals surface area contributed by atoms with Gasteiger partial charge in [0.1, 0.15) is 5.75 Å². The Morgan fingerprint density at radius 1 is 1.13 bits per heavy atom. The monoisotopic (exact) mass is 323 g/mol. The molecule has 6 heteroatoms. The van der Waals surface area contributed by atoms with Crippen molar-refractivity contribution in [2.75, 3.05) is 6.61 Å². The van der Waals surface area contributed by atoms with Gasteiger partial charge in [0.15, 0.2) is 6.61 Å². The number of para-hydroxylation sites is 1. The average molecular weight is 323 g/mol. The zero-order valence-electron chi connectivity index (χ0n) is 12.4. The van der Waals surface area contributed by atoms with Crippen LogP contribution in [0.2, 0.25) is 0 Å². The number of carbonyl (C=O) groups is 1. The predicted molar refractivity (Wildman–Crippen MR) is 79.9 cm³/mol. The number of ether oxygens (including phenoxy) is 1. The van der Waals surface area contributed by atoms with Crippen molar-refractivity contribution >= 4 is 5.91 Å². The van der Waals surface area contributed by atoms with Crippen LogP contribution in [0.25, 0.3) is 0 Å². The molecule has 0 radical (unpaired) electrons. The highest BCUT2D eigenvalue weighted by molar-refractivity contribution is 5.78.